The predicted molar refractivity (Wildman–Crippen MR) is 102 cm³/mol. The number of hydrogen-bond acceptors (Lipinski definition) is 2. The molecule has 1 aromatic carbocycles. The number of halogens is 2. The molecule has 0 spiro atoms. The quantitative estimate of drug-likeness (QED) is 0.570. The van der Waals surface area contributed by atoms with Crippen LogP contribution < -0.4 is 4.74 Å². The summed E-state index contributed by atoms with van der Waals surface area (Å²) >= 11 is 0. The fraction of sp³-hybridized carbons (Fsp3) is 0.545. The Morgan fingerprint density at radius 3 is 2.46 bits per heavy atom. The Labute approximate surface area is 155 Å². The van der Waals surface area contributed by atoms with Crippen molar-refractivity contribution in [2.24, 2.45) is 0 Å². The van der Waals surface area contributed by atoms with E-state index in [0.717, 1.165) is 65.3 Å². The third-order valence-electron chi connectivity index (χ3n) is 5.60. The molecule has 0 amide bonds. The van der Waals surface area contributed by atoms with E-state index in [1.165, 1.54) is 0 Å². The van der Waals surface area contributed by atoms with Gasteiger partial charge >= 0.3 is 0 Å². The number of rotatable bonds is 6. The summed E-state index contributed by atoms with van der Waals surface area (Å²) in [5, 5.41) is 10.3. The summed E-state index contributed by atoms with van der Waals surface area (Å²) in [5.41, 5.74) is 4.84. The summed E-state index contributed by atoms with van der Waals surface area (Å²) in [6, 6.07) is 0. The molecule has 1 heterocycles. The molecule has 0 bridgehead atoms. The minimum Gasteiger partial charge on any atom is -0.507 e. The summed E-state index contributed by atoms with van der Waals surface area (Å²) in [4.78, 5) is 0. The highest BCUT2D eigenvalue weighted by molar-refractivity contribution is 5.58. The highest BCUT2D eigenvalue weighted by atomic mass is 19.3. The maximum atomic E-state index is 12.1. The van der Waals surface area contributed by atoms with E-state index in [1.807, 2.05) is 27.7 Å². The van der Waals surface area contributed by atoms with E-state index >= 15 is 0 Å². The Kier molecular flexibility index (Phi) is 6.48. The van der Waals surface area contributed by atoms with Crippen molar-refractivity contribution in [2.45, 2.75) is 78.7 Å². The Bertz CT molecular complexity index is 730. The molecule has 1 aromatic rings. The molecule has 0 saturated heterocycles. The molecule has 1 N–H and O–H groups in total. The topological polar surface area (TPSA) is 29.5 Å². The summed E-state index contributed by atoms with van der Waals surface area (Å²) in [5.74, 6) is 1.31. The van der Waals surface area contributed by atoms with Gasteiger partial charge in [-0.25, -0.2) is 0 Å². The van der Waals surface area contributed by atoms with Crippen molar-refractivity contribution >= 4 is 0 Å². The number of phenolic OH excluding ortho intramolecular Hbond substituents is 1. The minimum atomic E-state index is -1.61. The second-order valence-electron chi connectivity index (χ2n) is 7.70. The molecule has 0 unspecified atom stereocenters. The molecule has 1 atom stereocenters. The largest absolute Gasteiger partial charge is 0.507 e. The molecule has 2 nitrogen and oxygen atoms in total. The molecule has 4 heteroatoms. The molecule has 144 valence electrons. The molecular weight excluding hydrogens is 334 g/mol. The lowest BCUT2D eigenvalue weighted by atomic mass is 9.85. The number of fused-ring (bicyclic) bond motifs is 1. The number of ether oxygens (including phenoxy) is 1. The lowest BCUT2D eigenvalue weighted by molar-refractivity contribution is 0.0558. The first-order chi connectivity index (χ1) is 12.1. The van der Waals surface area contributed by atoms with Crippen LogP contribution in [0.3, 0.4) is 0 Å². The maximum Gasteiger partial charge on any atom is 0.266 e. The van der Waals surface area contributed by atoms with Crippen LogP contribution in [0.2, 0.25) is 0 Å². The fourth-order valence-corrected chi connectivity index (χ4v) is 3.61. The highest BCUT2D eigenvalue weighted by Crippen LogP contribution is 2.44. The van der Waals surface area contributed by atoms with Gasteiger partial charge in [-0.15, -0.1) is 0 Å². The molecule has 26 heavy (non-hydrogen) atoms. The summed E-state index contributed by atoms with van der Waals surface area (Å²) in [6.07, 6.45) is 6.11. The van der Waals surface area contributed by atoms with Crippen molar-refractivity contribution in [3.63, 3.8) is 0 Å². The van der Waals surface area contributed by atoms with Gasteiger partial charge in [0.15, 0.2) is 0 Å². The van der Waals surface area contributed by atoms with Crippen LogP contribution >= 0.6 is 0 Å². The van der Waals surface area contributed by atoms with Crippen LogP contribution in [-0.4, -0.2) is 10.7 Å². The van der Waals surface area contributed by atoms with Crippen LogP contribution in [0.5, 0.6) is 11.5 Å². The van der Waals surface area contributed by atoms with Gasteiger partial charge in [-0.05, 0) is 95.9 Å². The second-order valence-corrected chi connectivity index (χ2v) is 7.70. The lowest BCUT2D eigenvalue weighted by Gasteiger charge is -2.38. The van der Waals surface area contributed by atoms with Crippen molar-refractivity contribution in [1.82, 2.24) is 0 Å². The van der Waals surface area contributed by atoms with Crippen LogP contribution in [0.25, 0.3) is 0 Å². The van der Waals surface area contributed by atoms with E-state index in [4.69, 9.17) is 4.74 Å². The van der Waals surface area contributed by atoms with Crippen LogP contribution in [-0.2, 0) is 6.42 Å². The number of allylic oxidation sites excluding steroid dienone is 3. The average Bonchev–Trinajstić information content (AvgIpc) is 2.57. The van der Waals surface area contributed by atoms with Gasteiger partial charge in [-0.2, -0.15) is 8.78 Å². The predicted octanol–water partition coefficient (Wildman–Crippen LogP) is 6.69. The van der Waals surface area contributed by atoms with Gasteiger partial charge in [-0.3, -0.25) is 0 Å². The van der Waals surface area contributed by atoms with Crippen molar-refractivity contribution in [2.75, 3.05) is 0 Å². The van der Waals surface area contributed by atoms with Crippen LogP contribution in [0.15, 0.2) is 23.8 Å². The molecule has 0 saturated carbocycles. The molecule has 1 aliphatic rings. The first-order valence-electron chi connectivity index (χ1n) is 9.32. The Balaban J connectivity index is 2.04. The third kappa shape index (κ3) is 4.66. The monoisotopic (exact) mass is 364 g/mol. The van der Waals surface area contributed by atoms with Crippen molar-refractivity contribution in [3.8, 4) is 11.5 Å². The Morgan fingerprint density at radius 2 is 1.81 bits per heavy atom. The summed E-state index contributed by atoms with van der Waals surface area (Å²) < 4.78 is 30.6. The number of phenols is 1. The molecule has 0 aromatic heterocycles. The van der Waals surface area contributed by atoms with Gasteiger partial charge in [0.25, 0.3) is 6.08 Å². The van der Waals surface area contributed by atoms with Crippen LogP contribution in [0.1, 0.15) is 68.2 Å². The third-order valence-corrected chi connectivity index (χ3v) is 5.60. The molecule has 2 rings (SSSR count). The zero-order chi connectivity index (χ0) is 19.5. The van der Waals surface area contributed by atoms with Gasteiger partial charge in [0.05, 0.1) is 0 Å². The van der Waals surface area contributed by atoms with E-state index in [2.05, 4.69) is 13.0 Å². The fourth-order valence-electron chi connectivity index (χ4n) is 3.61. The lowest BCUT2D eigenvalue weighted by Crippen LogP contribution is -2.37. The molecule has 1 aliphatic heterocycles. The van der Waals surface area contributed by atoms with E-state index < -0.39 is 6.08 Å². The van der Waals surface area contributed by atoms with E-state index in [0.29, 0.717) is 18.6 Å². The van der Waals surface area contributed by atoms with Gasteiger partial charge in [0, 0.05) is 5.56 Å². The van der Waals surface area contributed by atoms with Gasteiger partial charge in [0.1, 0.15) is 17.1 Å². The smallest absolute Gasteiger partial charge is 0.266 e. The van der Waals surface area contributed by atoms with E-state index in [-0.39, 0.29) is 5.60 Å². The molecule has 0 radical (unpaired) electrons. The number of benzene rings is 1. The maximum absolute atomic E-state index is 12.1. The van der Waals surface area contributed by atoms with Crippen molar-refractivity contribution in [1.29, 1.82) is 0 Å². The first kappa shape index (κ1) is 20.5. The second kappa shape index (κ2) is 8.24. The number of hydrogen-bond donors (Lipinski definition) is 1. The first-order valence-corrected chi connectivity index (χ1v) is 9.32. The van der Waals surface area contributed by atoms with Gasteiger partial charge in [-0.1, -0.05) is 11.6 Å². The summed E-state index contributed by atoms with van der Waals surface area (Å²) in [6.45, 7) is 10.0. The number of aromatic hydroxyl groups is 1. The molecular formula is C22H30F2O2. The van der Waals surface area contributed by atoms with Crippen LogP contribution in [0.4, 0.5) is 8.78 Å². The standard InChI is InChI=1S/C22H30F2O2/c1-14(8-6-10-19(23)24)9-7-12-22(5)13-11-18-17(4)20(25)15(2)16(3)21(18)26-22/h9-10,25H,6-8,11-13H2,1-5H3/b14-9+/t22-/m0/s1. The van der Waals surface area contributed by atoms with Gasteiger partial charge < -0.3 is 9.84 Å². The van der Waals surface area contributed by atoms with E-state index in [1.54, 1.807) is 0 Å². The summed E-state index contributed by atoms with van der Waals surface area (Å²) in [7, 11) is 0. The Hall–Kier alpha value is -1.84. The normalized spacial score (nSPS) is 19.7. The van der Waals surface area contributed by atoms with Crippen LogP contribution in [0, 0.1) is 20.8 Å². The minimum absolute atomic E-state index is 0.241. The molecule has 0 aliphatic carbocycles. The van der Waals surface area contributed by atoms with Gasteiger partial charge in [0.2, 0.25) is 0 Å². The van der Waals surface area contributed by atoms with E-state index in [9.17, 15) is 13.9 Å². The zero-order valence-electron chi connectivity index (χ0n) is 16.5. The Morgan fingerprint density at radius 1 is 1.12 bits per heavy atom. The average molecular weight is 364 g/mol. The zero-order valence-corrected chi connectivity index (χ0v) is 16.5. The molecule has 0 fully saturated rings. The van der Waals surface area contributed by atoms with Crippen molar-refractivity contribution in [3.05, 3.63) is 46.1 Å². The van der Waals surface area contributed by atoms with Crippen molar-refractivity contribution < 1.29 is 18.6 Å². The highest BCUT2D eigenvalue weighted by Gasteiger charge is 2.33. The SMILES string of the molecule is C/C(=C\CC[C@@]1(C)CCc2c(C)c(O)c(C)c(C)c2O1)CCC=C(F)F.